The van der Waals surface area contributed by atoms with Crippen LogP contribution < -0.4 is 5.32 Å². The fourth-order valence-corrected chi connectivity index (χ4v) is 6.86. The van der Waals surface area contributed by atoms with E-state index in [2.05, 4.69) is 30.3 Å². The molecule has 200 valence electrons. The number of aryl methyl sites for hydroxylation is 1. The lowest BCUT2D eigenvalue weighted by molar-refractivity contribution is 0.0943. The molecule has 0 aliphatic heterocycles. The number of rotatable bonds is 10. The molecule has 0 bridgehead atoms. The third-order valence-corrected chi connectivity index (χ3v) is 9.57. The molecule has 2 unspecified atom stereocenters. The van der Waals surface area contributed by atoms with Crippen LogP contribution in [0.2, 0.25) is 10.0 Å². The van der Waals surface area contributed by atoms with Crippen LogP contribution in [0.1, 0.15) is 63.0 Å². The van der Waals surface area contributed by atoms with Gasteiger partial charge >= 0.3 is 0 Å². The van der Waals surface area contributed by atoms with E-state index in [1.165, 1.54) is 16.5 Å². The van der Waals surface area contributed by atoms with Crippen molar-refractivity contribution in [3.05, 3.63) is 84.5 Å². The molecule has 1 heterocycles. The molecule has 0 spiro atoms. The summed E-state index contributed by atoms with van der Waals surface area (Å²) in [6.45, 7) is 3.46. The zero-order valence-electron chi connectivity index (χ0n) is 21.8. The summed E-state index contributed by atoms with van der Waals surface area (Å²) in [5, 5.41) is 24.0. The zero-order valence-corrected chi connectivity index (χ0v) is 24.1. The molecule has 2 N–H and O–H groups in total. The Morgan fingerprint density at radius 2 is 2.05 bits per heavy atom. The highest BCUT2D eigenvalue weighted by Crippen LogP contribution is 2.37. The van der Waals surface area contributed by atoms with Crippen LogP contribution in [0, 0.1) is 17.2 Å². The van der Waals surface area contributed by atoms with Gasteiger partial charge in [-0.2, -0.15) is 5.26 Å². The van der Waals surface area contributed by atoms with Crippen LogP contribution in [-0.4, -0.2) is 35.5 Å². The first-order valence-corrected chi connectivity index (χ1v) is 14.6. The van der Waals surface area contributed by atoms with Gasteiger partial charge in [-0.25, -0.2) is 0 Å². The lowest BCUT2D eigenvalue weighted by Crippen LogP contribution is -2.35. The number of thiophene rings is 1. The number of phenolic OH excluding ortho intramolecular Hbond substituents is 1. The normalized spacial score (nSPS) is 15.6. The van der Waals surface area contributed by atoms with Crippen molar-refractivity contribution in [2.45, 2.75) is 58.0 Å². The summed E-state index contributed by atoms with van der Waals surface area (Å²) in [7, 11) is 2.15. The van der Waals surface area contributed by atoms with E-state index in [1.807, 2.05) is 18.2 Å². The minimum Gasteiger partial charge on any atom is -0.507 e. The van der Waals surface area contributed by atoms with Gasteiger partial charge in [0.1, 0.15) is 11.8 Å². The topological polar surface area (TPSA) is 76.4 Å². The first-order valence-electron chi connectivity index (χ1n) is 13.0. The Morgan fingerprint density at radius 1 is 1.26 bits per heavy atom. The van der Waals surface area contributed by atoms with E-state index in [-0.39, 0.29) is 11.7 Å². The Morgan fingerprint density at radius 3 is 2.76 bits per heavy atom. The molecular formula is C30H33Cl2N3O2S. The summed E-state index contributed by atoms with van der Waals surface area (Å²) in [6.07, 6.45) is 5.53. The largest absolute Gasteiger partial charge is 0.507 e. The number of amides is 1. The smallest absolute Gasteiger partial charge is 0.255 e. The molecule has 1 aromatic heterocycles. The third kappa shape index (κ3) is 6.71. The van der Waals surface area contributed by atoms with Crippen LogP contribution in [0.15, 0.2) is 42.5 Å². The van der Waals surface area contributed by atoms with Gasteiger partial charge in [0.2, 0.25) is 0 Å². The van der Waals surface area contributed by atoms with E-state index in [0.717, 1.165) is 61.1 Å². The van der Waals surface area contributed by atoms with Crippen molar-refractivity contribution < 1.29 is 9.90 Å². The Bertz CT molecular complexity index is 1330. The maximum absolute atomic E-state index is 12.5. The van der Waals surface area contributed by atoms with Crippen molar-refractivity contribution >= 4 is 40.4 Å². The van der Waals surface area contributed by atoms with E-state index < -0.39 is 0 Å². The van der Waals surface area contributed by atoms with Crippen LogP contribution in [0.25, 0.3) is 0 Å². The maximum Gasteiger partial charge on any atom is 0.255 e. The Hall–Kier alpha value is -2.56. The van der Waals surface area contributed by atoms with Gasteiger partial charge in [-0.1, -0.05) is 54.7 Å². The molecule has 2 atom stereocenters. The number of para-hydroxylation sites is 1. The second-order valence-corrected chi connectivity index (χ2v) is 12.0. The Kier molecular flexibility index (Phi) is 9.73. The fraction of sp³-hybridized carbons (Fsp3) is 0.400. The van der Waals surface area contributed by atoms with Gasteiger partial charge in [0, 0.05) is 28.9 Å². The van der Waals surface area contributed by atoms with Crippen LogP contribution in [0.4, 0.5) is 0 Å². The van der Waals surface area contributed by atoms with E-state index in [0.29, 0.717) is 34.1 Å². The van der Waals surface area contributed by atoms with Gasteiger partial charge in [-0.05, 0) is 80.5 Å². The molecule has 4 rings (SSSR count). The highest BCUT2D eigenvalue weighted by molar-refractivity contribution is 7.12. The number of nitrogens with zero attached hydrogens (tertiary/aromatic N) is 2. The van der Waals surface area contributed by atoms with Crippen molar-refractivity contribution in [2.75, 3.05) is 13.6 Å². The number of carbonyl (C=O) groups excluding carboxylic acids is 1. The number of fused-ring (bicyclic) bond motifs is 1. The summed E-state index contributed by atoms with van der Waals surface area (Å²) >= 11 is 14.1. The number of benzene rings is 2. The van der Waals surface area contributed by atoms with Crippen LogP contribution >= 0.6 is 34.5 Å². The van der Waals surface area contributed by atoms with Crippen molar-refractivity contribution in [2.24, 2.45) is 5.92 Å². The van der Waals surface area contributed by atoms with Crippen LogP contribution in [0.3, 0.4) is 0 Å². The standard InChI is InChI=1S/C30H33Cl2N3O2S/c1-3-19(17-34-30(37)23-6-4-5-7-27(23)36)9-13-28-24(16-33)22-11-10-21(15-29(22)38-28)35(2)18-20-8-12-25(31)26(32)14-20/h4-8,12,14,19,21,36H,3,9-11,13,15,17-18H2,1-2H3,(H,34,37). The van der Waals surface area contributed by atoms with Gasteiger partial charge in [-0.3, -0.25) is 9.69 Å². The van der Waals surface area contributed by atoms with Gasteiger partial charge < -0.3 is 10.4 Å². The molecular weight excluding hydrogens is 537 g/mol. The van der Waals surface area contributed by atoms with E-state index in [1.54, 1.807) is 29.5 Å². The Balaban J connectivity index is 1.36. The van der Waals surface area contributed by atoms with Crippen molar-refractivity contribution in [1.29, 1.82) is 5.26 Å². The predicted octanol–water partition coefficient (Wildman–Crippen LogP) is 7.01. The minimum absolute atomic E-state index is 0.0122. The molecule has 2 aromatic carbocycles. The average Bonchev–Trinajstić information content (AvgIpc) is 3.27. The van der Waals surface area contributed by atoms with E-state index in [4.69, 9.17) is 23.2 Å². The molecule has 0 fully saturated rings. The molecule has 1 aliphatic rings. The van der Waals surface area contributed by atoms with Gasteiger partial charge in [0.25, 0.3) is 5.91 Å². The fourth-order valence-electron chi connectivity index (χ4n) is 5.15. The van der Waals surface area contributed by atoms with Gasteiger partial charge in [-0.15, -0.1) is 11.3 Å². The number of aromatic hydroxyl groups is 1. The number of hydrogen-bond acceptors (Lipinski definition) is 5. The van der Waals surface area contributed by atoms with Crippen molar-refractivity contribution in [1.82, 2.24) is 10.2 Å². The lowest BCUT2D eigenvalue weighted by atomic mass is 9.90. The highest BCUT2D eigenvalue weighted by atomic mass is 35.5. The SMILES string of the molecule is CCC(CCc1sc2c(c1C#N)CCC(N(C)Cc1ccc(Cl)c(Cl)c1)C2)CNC(=O)c1ccccc1O. The number of likely N-dealkylation sites (N-methyl/N-ethyl adjacent to an activating group) is 1. The summed E-state index contributed by atoms with van der Waals surface area (Å²) in [5.41, 5.74) is 3.52. The van der Waals surface area contributed by atoms with Crippen LogP contribution in [-0.2, 0) is 25.8 Å². The lowest BCUT2D eigenvalue weighted by Gasteiger charge is -2.31. The first-order chi connectivity index (χ1) is 18.3. The predicted molar refractivity (Wildman–Crippen MR) is 155 cm³/mol. The molecule has 1 amide bonds. The summed E-state index contributed by atoms with van der Waals surface area (Å²) in [6, 6.07) is 15.3. The quantitative estimate of drug-likeness (QED) is 0.275. The van der Waals surface area contributed by atoms with E-state index >= 15 is 0 Å². The van der Waals surface area contributed by atoms with Crippen LogP contribution in [0.5, 0.6) is 5.75 Å². The zero-order chi connectivity index (χ0) is 27.2. The summed E-state index contributed by atoms with van der Waals surface area (Å²) in [5.74, 6) is 0.0178. The molecule has 3 aromatic rings. The number of nitrogens with one attached hydrogen (secondary N) is 1. The molecule has 0 saturated heterocycles. The third-order valence-electron chi connectivity index (χ3n) is 7.52. The number of hydrogen-bond donors (Lipinski definition) is 2. The molecule has 0 radical (unpaired) electrons. The minimum atomic E-state index is -0.262. The van der Waals surface area contributed by atoms with Gasteiger partial charge in [0.15, 0.2) is 0 Å². The number of carbonyl (C=O) groups is 1. The molecule has 8 heteroatoms. The number of halogens is 2. The second kappa shape index (κ2) is 13.0. The second-order valence-electron chi connectivity index (χ2n) is 10.0. The monoisotopic (exact) mass is 569 g/mol. The maximum atomic E-state index is 12.5. The van der Waals surface area contributed by atoms with Crippen molar-refractivity contribution in [3.63, 3.8) is 0 Å². The molecule has 0 saturated carbocycles. The molecule has 5 nitrogen and oxygen atoms in total. The first kappa shape index (κ1) is 28.4. The number of phenols is 1. The van der Waals surface area contributed by atoms with E-state index in [9.17, 15) is 15.2 Å². The average molecular weight is 571 g/mol. The summed E-state index contributed by atoms with van der Waals surface area (Å²) in [4.78, 5) is 17.4. The highest BCUT2D eigenvalue weighted by Gasteiger charge is 2.28. The molecule has 38 heavy (non-hydrogen) atoms. The Labute approximate surface area is 239 Å². The molecule has 1 aliphatic carbocycles. The summed E-state index contributed by atoms with van der Waals surface area (Å²) < 4.78 is 0. The van der Waals surface area contributed by atoms with Gasteiger partial charge in [0.05, 0.1) is 21.2 Å². The van der Waals surface area contributed by atoms with Crippen molar-refractivity contribution in [3.8, 4) is 11.8 Å². The number of nitriles is 1.